The second-order valence-corrected chi connectivity index (χ2v) is 15.3. The van der Waals surface area contributed by atoms with Crippen molar-refractivity contribution in [1.82, 2.24) is 4.57 Å². The third-order valence-electron chi connectivity index (χ3n) is 9.17. The zero-order chi connectivity index (χ0) is 30.9. The summed E-state index contributed by atoms with van der Waals surface area (Å²) in [7, 11) is -2.80. The van der Waals surface area contributed by atoms with Crippen molar-refractivity contribution in [2.45, 2.75) is 0 Å². The van der Waals surface area contributed by atoms with Gasteiger partial charge in [0.2, 0.25) is 0 Å². The number of hydrogen-bond acceptors (Lipinski definition) is 0. The number of nitrogens with zero attached hydrogens (tertiary/aromatic N) is 2. The summed E-state index contributed by atoms with van der Waals surface area (Å²) in [4.78, 5) is 3.74. The molecular formula is C43H30N2Si. The van der Waals surface area contributed by atoms with Crippen molar-refractivity contribution in [3.05, 3.63) is 193 Å². The Morgan fingerprint density at radius 2 is 0.935 bits per heavy atom. The first kappa shape index (κ1) is 27.6. The normalized spacial score (nSPS) is 11.5. The Hall–Kier alpha value is -5.95. The summed E-state index contributed by atoms with van der Waals surface area (Å²) in [6, 6.07) is 65.7. The quantitative estimate of drug-likeness (QED) is 0.103. The van der Waals surface area contributed by atoms with Crippen LogP contribution in [0.5, 0.6) is 0 Å². The van der Waals surface area contributed by atoms with E-state index in [4.69, 9.17) is 6.57 Å². The highest BCUT2D eigenvalue weighted by molar-refractivity contribution is 7.20. The van der Waals surface area contributed by atoms with E-state index in [-0.39, 0.29) is 0 Å². The maximum atomic E-state index is 7.66. The minimum Gasteiger partial charge on any atom is -0.309 e. The van der Waals surface area contributed by atoms with E-state index in [2.05, 4.69) is 179 Å². The molecule has 0 fully saturated rings. The molecule has 1 aromatic heterocycles. The molecule has 0 atom stereocenters. The van der Waals surface area contributed by atoms with Gasteiger partial charge in [0.1, 0.15) is 0 Å². The van der Waals surface area contributed by atoms with E-state index in [9.17, 15) is 0 Å². The third kappa shape index (κ3) is 4.31. The monoisotopic (exact) mass is 602 g/mol. The number of rotatable bonds is 6. The van der Waals surface area contributed by atoms with Gasteiger partial charge in [0, 0.05) is 10.9 Å². The largest absolute Gasteiger partial charge is 0.309 e. The summed E-state index contributed by atoms with van der Waals surface area (Å²) < 4.78 is 2.38. The third-order valence-corrected chi connectivity index (χ3v) is 14.0. The van der Waals surface area contributed by atoms with E-state index in [1.54, 1.807) is 0 Å². The summed E-state index contributed by atoms with van der Waals surface area (Å²) in [5, 5.41) is 7.63. The summed E-state index contributed by atoms with van der Waals surface area (Å²) in [6.07, 6.45) is 0. The number of benzene rings is 7. The molecule has 0 amide bonds. The Balaban J connectivity index is 1.48. The van der Waals surface area contributed by atoms with E-state index < -0.39 is 8.07 Å². The van der Waals surface area contributed by atoms with E-state index in [1.165, 1.54) is 31.9 Å². The minimum atomic E-state index is -2.80. The summed E-state index contributed by atoms with van der Waals surface area (Å²) in [6.45, 7) is 7.66. The number of para-hydroxylation sites is 2. The number of fused-ring (bicyclic) bond motifs is 3. The number of hydrogen-bond donors (Lipinski definition) is 0. The standard InChI is InChI=1S/C43H30N2Si/c1-44-32-29-30-42-39(31-32)37-24-12-15-27-41(37)45(42)40-26-14-11-23-36(40)38-25-13-16-28-43(38)46(33-17-5-2-6-18-33,34-19-7-3-8-20-34)35-21-9-4-10-22-35/h2-31H. The fourth-order valence-electron chi connectivity index (χ4n) is 7.26. The maximum Gasteiger partial charge on any atom is 0.188 e. The van der Waals surface area contributed by atoms with Gasteiger partial charge in [-0.05, 0) is 56.0 Å². The molecule has 0 bridgehead atoms. The van der Waals surface area contributed by atoms with Crippen molar-refractivity contribution >= 4 is 56.3 Å². The first-order valence-electron chi connectivity index (χ1n) is 15.6. The molecule has 0 unspecified atom stereocenters. The van der Waals surface area contributed by atoms with Crippen molar-refractivity contribution < 1.29 is 0 Å². The Morgan fingerprint density at radius 3 is 1.57 bits per heavy atom. The van der Waals surface area contributed by atoms with Gasteiger partial charge in [-0.2, -0.15) is 0 Å². The van der Waals surface area contributed by atoms with Gasteiger partial charge in [-0.15, -0.1) is 0 Å². The second-order valence-electron chi connectivity index (χ2n) is 11.6. The van der Waals surface area contributed by atoms with Crippen LogP contribution in [0.1, 0.15) is 0 Å². The average molecular weight is 603 g/mol. The Bertz CT molecular complexity index is 2270. The SMILES string of the molecule is [C-]#[N+]c1ccc2c(c1)c1ccccc1n2-c1ccccc1-c1ccccc1[Si](c1ccccc1)(c1ccccc1)c1ccccc1. The average Bonchev–Trinajstić information content (AvgIpc) is 3.47. The molecule has 3 heteroatoms. The van der Waals surface area contributed by atoms with E-state index in [0.717, 1.165) is 27.5 Å². The molecule has 1 heterocycles. The Morgan fingerprint density at radius 1 is 0.435 bits per heavy atom. The lowest BCUT2D eigenvalue weighted by molar-refractivity contribution is 1.18. The van der Waals surface area contributed by atoms with Gasteiger partial charge in [0.05, 0.1) is 23.3 Å². The zero-order valence-electron chi connectivity index (χ0n) is 25.2. The van der Waals surface area contributed by atoms with Crippen molar-refractivity contribution in [3.8, 4) is 16.8 Å². The molecule has 8 rings (SSSR count). The topological polar surface area (TPSA) is 9.29 Å². The predicted octanol–water partition coefficient (Wildman–Crippen LogP) is 8.38. The van der Waals surface area contributed by atoms with Gasteiger partial charge in [0.25, 0.3) is 0 Å². The van der Waals surface area contributed by atoms with Crippen LogP contribution in [0.2, 0.25) is 0 Å². The molecule has 0 aliphatic rings. The molecule has 0 aliphatic carbocycles. The van der Waals surface area contributed by atoms with Crippen LogP contribution >= 0.6 is 0 Å². The first-order chi connectivity index (χ1) is 22.8. The fourth-order valence-corrected chi connectivity index (χ4v) is 12.2. The lowest BCUT2D eigenvalue weighted by Crippen LogP contribution is -2.75. The second kappa shape index (κ2) is 11.5. The molecular weight excluding hydrogens is 573 g/mol. The van der Waals surface area contributed by atoms with Gasteiger partial charge in [0.15, 0.2) is 13.8 Å². The van der Waals surface area contributed by atoms with E-state index in [0.29, 0.717) is 5.69 Å². The van der Waals surface area contributed by atoms with Crippen LogP contribution in [-0.2, 0) is 0 Å². The van der Waals surface area contributed by atoms with Crippen LogP contribution in [0, 0.1) is 6.57 Å². The summed E-state index contributed by atoms with van der Waals surface area (Å²) >= 11 is 0. The van der Waals surface area contributed by atoms with Crippen LogP contribution in [0.4, 0.5) is 5.69 Å². The lowest BCUT2D eigenvalue weighted by atomic mass is 10.0. The van der Waals surface area contributed by atoms with Crippen LogP contribution < -0.4 is 20.7 Å². The molecule has 7 aromatic carbocycles. The summed E-state index contributed by atoms with van der Waals surface area (Å²) in [5.74, 6) is 0. The van der Waals surface area contributed by atoms with Gasteiger partial charge in [-0.25, -0.2) is 4.85 Å². The van der Waals surface area contributed by atoms with Crippen LogP contribution in [0.3, 0.4) is 0 Å². The highest BCUT2D eigenvalue weighted by atomic mass is 28.3. The first-order valence-corrected chi connectivity index (χ1v) is 17.6. The Kier molecular flexibility index (Phi) is 6.91. The molecule has 8 aromatic rings. The Labute approximate surface area is 270 Å². The van der Waals surface area contributed by atoms with Gasteiger partial charge in [-0.1, -0.05) is 158 Å². The predicted molar refractivity (Wildman–Crippen MR) is 196 cm³/mol. The zero-order valence-corrected chi connectivity index (χ0v) is 26.2. The van der Waals surface area contributed by atoms with Crippen molar-refractivity contribution in [1.29, 1.82) is 0 Å². The molecule has 2 nitrogen and oxygen atoms in total. The van der Waals surface area contributed by atoms with Crippen LogP contribution in [0.25, 0.3) is 43.5 Å². The highest BCUT2D eigenvalue weighted by Gasteiger charge is 2.43. The highest BCUT2D eigenvalue weighted by Crippen LogP contribution is 2.37. The van der Waals surface area contributed by atoms with Crippen LogP contribution in [0.15, 0.2) is 182 Å². The summed E-state index contributed by atoms with van der Waals surface area (Å²) in [5.41, 5.74) is 6.39. The molecule has 0 spiro atoms. The number of aromatic nitrogens is 1. The van der Waals surface area contributed by atoms with Gasteiger partial charge in [-0.3, -0.25) is 0 Å². The van der Waals surface area contributed by atoms with Crippen LogP contribution in [-0.4, -0.2) is 12.6 Å². The van der Waals surface area contributed by atoms with E-state index >= 15 is 0 Å². The smallest absolute Gasteiger partial charge is 0.188 e. The molecule has 0 aliphatic heterocycles. The van der Waals surface area contributed by atoms with Crippen molar-refractivity contribution in [2.24, 2.45) is 0 Å². The minimum absolute atomic E-state index is 0.651. The lowest BCUT2D eigenvalue weighted by Gasteiger charge is -2.36. The fraction of sp³-hybridized carbons (Fsp3) is 0. The molecule has 0 radical (unpaired) electrons. The van der Waals surface area contributed by atoms with Crippen molar-refractivity contribution in [2.75, 3.05) is 0 Å². The molecule has 216 valence electrons. The van der Waals surface area contributed by atoms with Gasteiger partial charge < -0.3 is 4.57 Å². The van der Waals surface area contributed by atoms with Crippen molar-refractivity contribution in [3.63, 3.8) is 0 Å². The maximum absolute atomic E-state index is 7.66. The molecule has 46 heavy (non-hydrogen) atoms. The molecule has 0 saturated heterocycles. The molecule has 0 N–H and O–H groups in total. The molecule has 0 saturated carbocycles. The van der Waals surface area contributed by atoms with E-state index in [1.807, 2.05) is 12.1 Å². The van der Waals surface area contributed by atoms with Gasteiger partial charge >= 0.3 is 0 Å².